The van der Waals surface area contributed by atoms with Gasteiger partial charge in [-0.15, -0.1) is 0 Å². The van der Waals surface area contributed by atoms with Crippen LogP contribution in [0.3, 0.4) is 0 Å². The SMILES string of the molecule is CCN(Cc1cccc(C(N)=S)c1)C(C)CN(C)C. The second-order valence-electron chi connectivity index (χ2n) is 5.24. The van der Waals surface area contributed by atoms with E-state index < -0.39 is 0 Å². The molecule has 0 aromatic heterocycles. The number of thiocarbonyl (C=S) groups is 1. The lowest BCUT2D eigenvalue weighted by Crippen LogP contribution is -2.39. The Labute approximate surface area is 122 Å². The Kier molecular flexibility index (Phi) is 6.42. The fourth-order valence-electron chi connectivity index (χ4n) is 2.28. The Morgan fingerprint density at radius 3 is 2.58 bits per heavy atom. The van der Waals surface area contributed by atoms with Gasteiger partial charge in [-0.2, -0.15) is 0 Å². The summed E-state index contributed by atoms with van der Waals surface area (Å²) in [5, 5.41) is 0. The molecular formula is C15H25N3S. The van der Waals surface area contributed by atoms with Crippen molar-refractivity contribution in [2.24, 2.45) is 5.73 Å². The van der Waals surface area contributed by atoms with Gasteiger partial charge in [-0.25, -0.2) is 0 Å². The van der Waals surface area contributed by atoms with Gasteiger partial charge in [0, 0.05) is 24.7 Å². The van der Waals surface area contributed by atoms with Crippen LogP contribution >= 0.6 is 12.2 Å². The minimum atomic E-state index is 0.464. The van der Waals surface area contributed by atoms with Crippen molar-refractivity contribution in [3.8, 4) is 0 Å². The van der Waals surface area contributed by atoms with E-state index in [1.165, 1.54) is 5.56 Å². The van der Waals surface area contributed by atoms with Crippen LogP contribution < -0.4 is 5.73 Å². The Hall–Kier alpha value is -0.970. The van der Waals surface area contributed by atoms with Crippen molar-refractivity contribution in [1.82, 2.24) is 9.80 Å². The summed E-state index contributed by atoms with van der Waals surface area (Å²) in [7, 11) is 4.22. The molecule has 0 amide bonds. The largest absolute Gasteiger partial charge is 0.389 e. The van der Waals surface area contributed by atoms with Gasteiger partial charge in [0.05, 0.1) is 0 Å². The Morgan fingerprint density at radius 1 is 1.37 bits per heavy atom. The second kappa shape index (κ2) is 7.58. The minimum Gasteiger partial charge on any atom is -0.389 e. The normalized spacial score (nSPS) is 12.9. The summed E-state index contributed by atoms with van der Waals surface area (Å²) in [6, 6.07) is 8.73. The van der Waals surface area contributed by atoms with Gasteiger partial charge >= 0.3 is 0 Å². The van der Waals surface area contributed by atoms with Crippen LogP contribution in [0.5, 0.6) is 0 Å². The van der Waals surface area contributed by atoms with Crippen molar-refractivity contribution in [3.63, 3.8) is 0 Å². The number of nitrogens with two attached hydrogens (primary N) is 1. The van der Waals surface area contributed by atoms with Crippen LogP contribution in [0.4, 0.5) is 0 Å². The maximum Gasteiger partial charge on any atom is 0.103 e. The predicted molar refractivity (Wildman–Crippen MR) is 86.4 cm³/mol. The van der Waals surface area contributed by atoms with Crippen molar-refractivity contribution >= 4 is 17.2 Å². The molecule has 0 bridgehead atoms. The molecule has 1 unspecified atom stereocenters. The van der Waals surface area contributed by atoms with E-state index >= 15 is 0 Å². The lowest BCUT2D eigenvalue weighted by atomic mass is 10.1. The van der Waals surface area contributed by atoms with E-state index in [4.69, 9.17) is 18.0 Å². The summed E-state index contributed by atoms with van der Waals surface area (Å²) in [5.41, 5.74) is 7.89. The smallest absolute Gasteiger partial charge is 0.103 e. The third-order valence-corrected chi connectivity index (χ3v) is 3.49. The number of hydrogen-bond acceptors (Lipinski definition) is 3. The van der Waals surface area contributed by atoms with Crippen LogP contribution in [-0.4, -0.2) is 48.0 Å². The molecular weight excluding hydrogens is 254 g/mol. The van der Waals surface area contributed by atoms with Gasteiger partial charge in [-0.1, -0.05) is 37.3 Å². The maximum atomic E-state index is 5.68. The number of hydrogen-bond donors (Lipinski definition) is 1. The van der Waals surface area contributed by atoms with Crippen molar-refractivity contribution in [2.45, 2.75) is 26.4 Å². The molecule has 0 spiro atoms. The van der Waals surface area contributed by atoms with E-state index in [-0.39, 0.29) is 0 Å². The quantitative estimate of drug-likeness (QED) is 0.775. The van der Waals surface area contributed by atoms with Gasteiger partial charge in [-0.05, 0) is 39.2 Å². The molecule has 3 nitrogen and oxygen atoms in total. The van der Waals surface area contributed by atoms with Gasteiger partial charge in [0.1, 0.15) is 4.99 Å². The van der Waals surface area contributed by atoms with Crippen molar-refractivity contribution in [3.05, 3.63) is 35.4 Å². The van der Waals surface area contributed by atoms with Crippen LogP contribution in [0.1, 0.15) is 25.0 Å². The van der Waals surface area contributed by atoms with E-state index in [1.54, 1.807) is 0 Å². The first-order valence-electron chi connectivity index (χ1n) is 6.71. The zero-order valence-electron chi connectivity index (χ0n) is 12.4. The molecule has 4 heteroatoms. The molecule has 2 N–H and O–H groups in total. The molecule has 1 rings (SSSR count). The lowest BCUT2D eigenvalue weighted by molar-refractivity contribution is 0.174. The first-order chi connectivity index (χ1) is 8.93. The first-order valence-corrected chi connectivity index (χ1v) is 7.12. The number of rotatable bonds is 7. The number of benzene rings is 1. The summed E-state index contributed by atoms with van der Waals surface area (Å²) >= 11 is 5.03. The minimum absolute atomic E-state index is 0.464. The average molecular weight is 279 g/mol. The fraction of sp³-hybridized carbons (Fsp3) is 0.533. The van der Waals surface area contributed by atoms with Crippen LogP contribution in [0.15, 0.2) is 24.3 Å². The van der Waals surface area contributed by atoms with Crippen molar-refractivity contribution in [2.75, 3.05) is 27.2 Å². The molecule has 1 atom stereocenters. The summed E-state index contributed by atoms with van der Waals surface area (Å²) in [5.74, 6) is 0. The van der Waals surface area contributed by atoms with Crippen molar-refractivity contribution in [1.29, 1.82) is 0 Å². The van der Waals surface area contributed by atoms with E-state index in [9.17, 15) is 0 Å². The van der Waals surface area contributed by atoms with E-state index in [1.807, 2.05) is 12.1 Å². The Morgan fingerprint density at radius 2 is 2.05 bits per heavy atom. The van der Waals surface area contributed by atoms with E-state index in [0.717, 1.165) is 25.2 Å². The molecule has 0 heterocycles. The maximum absolute atomic E-state index is 5.68. The molecule has 1 aromatic rings. The standard InChI is InChI=1S/C15H25N3S/c1-5-18(12(2)10-17(3)4)11-13-7-6-8-14(9-13)15(16)19/h6-9,12H,5,10-11H2,1-4H3,(H2,16,19). The lowest BCUT2D eigenvalue weighted by Gasteiger charge is -2.30. The van der Waals surface area contributed by atoms with Gasteiger partial charge in [-0.3, -0.25) is 4.90 Å². The number of likely N-dealkylation sites (N-methyl/N-ethyl adjacent to an activating group) is 2. The molecule has 0 aliphatic heterocycles. The molecule has 0 saturated heterocycles. The van der Waals surface area contributed by atoms with Crippen LogP contribution in [-0.2, 0) is 6.54 Å². The van der Waals surface area contributed by atoms with Gasteiger partial charge in [0.2, 0.25) is 0 Å². The summed E-state index contributed by atoms with van der Waals surface area (Å²) in [6.07, 6.45) is 0. The van der Waals surface area contributed by atoms with Gasteiger partial charge in [0.15, 0.2) is 0 Å². The highest BCUT2D eigenvalue weighted by molar-refractivity contribution is 7.80. The predicted octanol–water partition coefficient (Wildman–Crippen LogP) is 2.09. The topological polar surface area (TPSA) is 32.5 Å². The molecule has 106 valence electrons. The molecule has 1 aromatic carbocycles. The van der Waals surface area contributed by atoms with E-state index in [2.05, 4.69) is 49.9 Å². The monoisotopic (exact) mass is 279 g/mol. The molecule has 0 saturated carbocycles. The Balaban J connectivity index is 2.75. The zero-order chi connectivity index (χ0) is 14.4. The fourth-order valence-corrected chi connectivity index (χ4v) is 2.41. The molecule has 0 fully saturated rings. The average Bonchev–Trinajstić information content (AvgIpc) is 2.35. The van der Waals surface area contributed by atoms with Crippen LogP contribution in [0, 0.1) is 0 Å². The van der Waals surface area contributed by atoms with Crippen LogP contribution in [0.2, 0.25) is 0 Å². The third kappa shape index (κ3) is 5.27. The second-order valence-corrected chi connectivity index (χ2v) is 5.68. The van der Waals surface area contributed by atoms with Gasteiger partial charge in [0.25, 0.3) is 0 Å². The molecule has 0 aliphatic carbocycles. The highest BCUT2D eigenvalue weighted by Gasteiger charge is 2.13. The molecule has 19 heavy (non-hydrogen) atoms. The van der Waals surface area contributed by atoms with Crippen molar-refractivity contribution < 1.29 is 0 Å². The van der Waals surface area contributed by atoms with Gasteiger partial charge < -0.3 is 10.6 Å². The Bertz CT molecular complexity index is 418. The first kappa shape index (κ1) is 16.1. The highest BCUT2D eigenvalue weighted by Crippen LogP contribution is 2.11. The zero-order valence-corrected chi connectivity index (χ0v) is 13.2. The van der Waals surface area contributed by atoms with Crippen LogP contribution in [0.25, 0.3) is 0 Å². The summed E-state index contributed by atoms with van der Waals surface area (Å²) in [4.78, 5) is 5.14. The van der Waals surface area contributed by atoms with E-state index in [0.29, 0.717) is 11.0 Å². The summed E-state index contributed by atoms with van der Waals surface area (Å²) < 4.78 is 0. The molecule has 0 aliphatic rings. The number of nitrogens with zero attached hydrogens (tertiary/aromatic N) is 2. The molecule has 0 radical (unpaired) electrons. The summed E-state index contributed by atoms with van der Waals surface area (Å²) in [6.45, 7) is 7.49. The highest BCUT2D eigenvalue weighted by atomic mass is 32.1. The third-order valence-electron chi connectivity index (χ3n) is 3.26.